The largest absolute Gasteiger partial charge is 0.330 e. The fraction of sp³-hybridized carbons (Fsp3) is 0.556. The van der Waals surface area contributed by atoms with Crippen LogP contribution in [-0.2, 0) is 0 Å². The van der Waals surface area contributed by atoms with Gasteiger partial charge in [0.15, 0.2) is 0 Å². The molecule has 0 bridgehead atoms. The molecule has 1 N–H and O–H groups in total. The van der Waals surface area contributed by atoms with Gasteiger partial charge in [-0.05, 0) is 36.1 Å². The zero-order chi connectivity index (χ0) is 9.14. The lowest BCUT2D eigenvalue weighted by Crippen LogP contribution is -2.22. The summed E-state index contributed by atoms with van der Waals surface area (Å²) >= 11 is 1.58. The molecular formula is C9H14BNS. The lowest BCUT2D eigenvalue weighted by atomic mass is 9.94. The van der Waals surface area contributed by atoms with Crippen molar-refractivity contribution in [2.45, 2.75) is 31.8 Å². The third kappa shape index (κ3) is 2.10. The Morgan fingerprint density at radius 3 is 3.00 bits per heavy atom. The molecule has 0 saturated carbocycles. The normalized spacial score (nSPS) is 28.2. The minimum absolute atomic E-state index is 0.158. The molecule has 0 aliphatic carbocycles. The first-order valence-corrected chi connectivity index (χ1v) is 5.08. The van der Waals surface area contributed by atoms with E-state index >= 15 is 0 Å². The van der Waals surface area contributed by atoms with Crippen molar-refractivity contribution in [1.29, 1.82) is 0 Å². The van der Waals surface area contributed by atoms with Crippen LogP contribution >= 0.6 is 11.9 Å². The first kappa shape index (κ1) is 9.78. The minimum Gasteiger partial charge on any atom is -0.330 e. The summed E-state index contributed by atoms with van der Waals surface area (Å²) < 4.78 is 3.24. The van der Waals surface area contributed by atoms with Crippen LogP contribution in [0.3, 0.4) is 0 Å². The maximum atomic E-state index is 5.75. The van der Waals surface area contributed by atoms with Gasteiger partial charge in [-0.2, -0.15) is 0 Å². The second-order valence-corrected chi connectivity index (χ2v) is 4.12. The van der Waals surface area contributed by atoms with Gasteiger partial charge in [-0.15, -0.1) is 0 Å². The van der Waals surface area contributed by atoms with Gasteiger partial charge in [-0.25, -0.2) is 0 Å². The van der Waals surface area contributed by atoms with Crippen LogP contribution in [0.1, 0.15) is 26.7 Å². The quantitative estimate of drug-likeness (QED) is 0.489. The maximum absolute atomic E-state index is 5.75. The van der Waals surface area contributed by atoms with Crippen molar-refractivity contribution in [1.82, 2.24) is 4.72 Å². The van der Waals surface area contributed by atoms with Gasteiger partial charge < -0.3 is 4.72 Å². The fourth-order valence-corrected chi connectivity index (χ4v) is 2.03. The molecule has 12 heavy (non-hydrogen) atoms. The maximum Gasteiger partial charge on any atom is 0.0875 e. The number of allylic oxidation sites excluding steroid dienone is 2. The molecule has 1 atom stereocenters. The van der Waals surface area contributed by atoms with E-state index < -0.39 is 0 Å². The summed E-state index contributed by atoms with van der Waals surface area (Å²) in [7, 11) is 5.75. The zero-order valence-electron chi connectivity index (χ0n) is 7.68. The first-order valence-electron chi connectivity index (χ1n) is 4.20. The number of hydrogen-bond donors (Lipinski definition) is 1. The van der Waals surface area contributed by atoms with E-state index in [1.165, 1.54) is 11.3 Å². The van der Waals surface area contributed by atoms with Gasteiger partial charge in [0.05, 0.1) is 7.85 Å². The predicted octanol–water partition coefficient (Wildman–Crippen LogP) is 2.36. The molecule has 1 aliphatic heterocycles. The van der Waals surface area contributed by atoms with Crippen LogP contribution in [0.2, 0.25) is 0 Å². The summed E-state index contributed by atoms with van der Waals surface area (Å²) in [6, 6.07) is 0. The van der Waals surface area contributed by atoms with Crippen LogP contribution in [0.4, 0.5) is 0 Å². The summed E-state index contributed by atoms with van der Waals surface area (Å²) in [4.78, 5) is 0. The van der Waals surface area contributed by atoms with E-state index in [-0.39, 0.29) is 5.15 Å². The van der Waals surface area contributed by atoms with Crippen LogP contribution in [-0.4, -0.2) is 13.0 Å². The number of rotatable bonds is 1. The molecule has 0 amide bonds. The highest BCUT2D eigenvalue weighted by atomic mass is 32.2. The average molecular weight is 179 g/mol. The van der Waals surface area contributed by atoms with E-state index in [9.17, 15) is 0 Å². The molecule has 1 rings (SSSR count). The molecule has 1 saturated heterocycles. The van der Waals surface area contributed by atoms with Crippen molar-refractivity contribution in [2.75, 3.05) is 0 Å². The highest BCUT2D eigenvalue weighted by molar-refractivity contribution is 7.99. The van der Waals surface area contributed by atoms with Gasteiger partial charge in [0.25, 0.3) is 0 Å². The molecule has 2 radical (unpaired) electrons. The Hall–Kier alpha value is -0.305. The van der Waals surface area contributed by atoms with E-state index in [0.29, 0.717) is 0 Å². The Kier molecular flexibility index (Phi) is 3.33. The monoisotopic (exact) mass is 179 g/mol. The number of hydrogen-bond acceptors (Lipinski definition) is 2. The molecule has 64 valence electrons. The zero-order valence-corrected chi connectivity index (χ0v) is 8.50. The summed E-state index contributed by atoms with van der Waals surface area (Å²) in [5.74, 6) is 0. The van der Waals surface area contributed by atoms with Gasteiger partial charge in [0, 0.05) is 5.70 Å². The van der Waals surface area contributed by atoms with Gasteiger partial charge in [0.1, 0.15) is 0 Å². The topological polar surface area (TPSA) is 12.0 Å². The van der Waals surface area contributed by atoms with Crippen molar-refractivity contribution in [3.63, 3.8) is 0 Å². The predicted molar refractivity (Wildman–Crippen MR) is 57.0 cm³/mol. The Morgan fingerprint density at radius 2 is 2.50 bits per heavy atom. The summed E-state index contributed by atoms with van der Waals surface area (Å²) in [5, 5.41) is 0.158. The number of nitrogens with one attached hydrogen (secondary N) is 1. The van der Waals surface area contributed by atoms with E-state index in [0.717, 1.165) is 18.4 Å². The second-order valence-electron chi connectivity index (χ2n) is 3.07. The van der Waals surface area contributed by atoms with Gasteiger partial charge in [-0.1, -0.05) is 25.5 Å². The van der Waals surface area contributed by atoms with Crippen LogP contribution in [0.15, 0.2) is 23.4 Å². The van der Waals surface area contributed by atoms with Crippen molar-refractivity contribution in [3.05, 3.63) is 23.4 Å². The minimum atomic E-state index is 0.158. The van der Waals surface area contributed by atoms with Gasteiger partial charge in [0.2, 0.25) is 0 Å². The second kappa shape index (κ2) is 4.08. The molecule has 1 heterocycles. The van der Waals surface area contributed by atoms with E-state index in [2.05, 4.69) is 25.1 Å². The highest BCUT2D eigenvalue weighted by Gasteiger charge is 2.16. The lowest BCUT2D eigenvalue weighted by molar-refractivity contribution is 0.942. The molecule has 0 aromatic carbocycles. The molecule has 3 heteroatoms. The molecule has 1 nitrogen and oxygen atoms in total. The van der Waals surface area contributed by atoms with Crippen LogP contribution in [0.5, 0.6) is 0 Å². The molecular weight excluding hydrogens is 165 g/mol. The first-order chi connectivity index (χ1) is 5.65. The molecule has 0 aromatic heterocycles. The SMILES string of the molecule is [B]C1CC(=C)/C(=C(\C)CC)NS1. The summed E-state index contributed by atoms with van der Waals surface area (Å²) in [6.45, 7) is 8.28. The third-order valence-corrected chi connectivity index (χ3v) is 2.86. The smallest absolute Gasteiger partial charge is 0.0875 e. The Labute approximate surface area is 80.2 Å². The molecule has 1 unspecified atom stereocenters. The summed E-state index contributed by atoms with van der Waals surface area (Å²) in [5.41, 5.74) is 3.70. The van der Waals surface area contributed by atoms with Crippen molar-refractivity contribution < 1.29 is 0 Å². The van der Waals surface area contributed by atoms with Gasteiger partial charge >= 0.3 is 0 Å². The van der Waals surface area contributed by atoms with E-state index in [4.69, 9.17) is 7.85 Å². The molecule has 1 aliphatic rings. The van der Waals surface area contributed by atoms with Crippen molar-refractivity contribution in [2.24, 2.45) is 0 Å². The standard InChI is InChI=1S/C9H14BNS/c1-4-6(2)9-7(3)5-8(10)12-11-9/h8,11H,3-5H2,1-2H3/b9-6-. The Balaban J connectivity index is 2.75. The lowest BCUT2D eigenvalue weighted by Gasteiger charge is -2.25. The molecule has 0 aromatic rings. The van der Waals surface area contributed by atoms with Crippen LogP contribution in [0, 0.1) is 0 Å². The van der Waals surface area contributed by atoms with Gasteiger partial charge in [-0.3, -0.25) is 0 Å². The third-order valence-electron chi connectivity index (χ3n) is 2.07. The van der Waals surface area contributed by atoms with E-state index in [1.807, 2.05) is 0 Å². The average Bonchev–Trinajstić information content (AvgIpc) is 2.03. The highest BCUT2D eigenvalue weighted by Crippen LogP contribution is 2.28. The van der Waals surface area contributed by atoms with Crippen molar-refractivity contribution in [3.8, 4) is 0 Å². The van der Waals surface area contributed by atoms with Crippen molar-refractivity contribution >= 4 is 19.8 Å². The summed E-state index contributed by atoms with van der Waals surface area (Å²) in [6.07, 6.45) is 1.96. The van der Waals surface area contributed by atoms with Crippen LogP contribution in [0.25, 0.3) is 0 Å². The Morgan fingerprint density at radius 1 is 1.83 bits per heavy atom. The molecule has 1 fully saturated rings. The fourth-order valence-electron chi connectivity index (χ4n) is 1.16. The molecule has 0 spiro atoms. The Bertz CT molecular complexity index is 223. The van der Waals surface area contributed by atoms with E-state index in [1.54, 1.807) is 11.9 Å². The van der Waals surface area contributed by atoms with Crippen LogP contribution < -0.4 is 4.72 Å².